The zero-order chi connectivity index (χ0) is 22.1. The minimum absolute atomic E-state index is 0.0447. The fourth-order valence-electron chi connectivity index (χ4n) is 4.31. The Hall–Kier alpha value is -2.85. The second-order valence-electron chi connectivity index (χ2n) is 8.22. The quantitative estimate of drug-likeness (QED) is 0.646. The molecule has 1 aliphatic carbocycles. The highest BCUT2D eigenvalue weighted by Gasteiger charge is 2.25. The first-order valence-corrected chi connectivity index (χ1v) is 11.0. The van der Waals surface area contributed by atoms with Gasteiger partial charge in [0, 0.05) is 25.2 Å². The number of rotatable bonds is 5. The van der Waals surface area contributed by atoms with Gasteiger partial charge >= 0.3 is 6.01 Å². The van der Waals surface area contributed by atoms with Gasteiger partial charge in [-0.25, -0.2) is 13.8 Å². The van der Waals surface area contributed by atoms with Gasteiger partial charge in [-0.1, -0.05) is 12.1 Å². The molecule has 0 unspecified atom stereocenters. The van der Waals surface area contributed by atoms with Crippen molar-refractivity contribution in [2.24, 2.45) is 5.73 Å². The maximum absolute atomic E-state index is 13.9. The van der Waals surface area contributed by atoms with Crippen molar-refractivity contribution in [1.29, 1.82) is 0 Å². The molecule has 8 nitrogen and oxygen atoms in total. The van der Waals surface area contributed by atoms with Gasteiger partial charge in [0.25, 0.3) is 6.43 Å². The highest BCUT2D eigenvalue weighted by molar-refractivity contribution is 5.78. The van der Waals surface area contributed by atoms with Crippen molar-refractivity contribution in [3.05, 3.63) is 36.2 Å². The number of para-hydroxylation sites is 2. The molecule has 2 fully saturated rings. The Morgan fingerprint density at radius 3 is 2.47 bits per heavy atom. The van der Waals surface area contributed by atoms with Gasteiger partial charge in [-0.15, -0.1) is 0 Å². The molecule has 0 bridgehead atoms. The van der Waals surface area contributed by atoms with Crippen molar-refractivity contribution >= 4 is 16.9 Å². The monoisotopic (exact) mass is 444 g/mol. The molecular weight excluding hydrogens is 418 g/mol. The molecule has 2 aliphatic rings. The topological polar surface area (TPSA) is 91.3 Å². The Morgan fingerprint density at radius 2 is 1.72 bits per heavy atom. The molecule has 1 saturated heterocycles. The number of benzene rings is 1. The fraction of sp³-hybridized carbons (Fsp3) is 0.500. The first-order valence-electron chi connectivity index (χ1n) is 11.0. The number of hydrogen-bond acceptors (Lipinski definition) is 7. The SMILES string of the molecule is N[C@H]1CC[C@H](Oc2nc(N3CCOCC3)cc(-n3c(C(F)F)nc4ccccc43)n2)CC1. The number of hydrogen-bond donors (Lipinski definition) is 1. The van der Waals surface area contributed by atoms with E-state index in [9.17, 15) is 8.78 Å². The Bertz CT molecular complexity index is 1080. The number of nitrogens with two attached hydrogens (primary N) is 1. The Labute approximate surface area is 184 Å². The first-order chi connectivity index (χ1) is 15.6. The van der Waals surface area contributed by atoms with Gasteiger partial charge in [0.1, 0.15) is 17.7 Å². The molecule has 1 aromatic carbocycles. The summed E-state index contributed by atoms with van der Waals surface area (Å²) in [5, 5.41) is 0. The summed E-state index contributed by atoms with van der Waals surface area (Å²) >= 11 is 0. The van der Waals surface area contributed by atoms with Crippen LogP contribution in [-0.4, -0.2) is 58.0 Å². The molecule has 1 aliphatic heterocycles. The molecule has 0 radical (unpaired) electrons. The van der Waals surface area contributed by atoms with Crippen LogP contribution in [0.3, 0.4) is 0 Å². The van der Waals surface area contributed by atoms with Crippen LogP contribution in [0.5, 0.6) is 6.01 Å². The molecular formula is C22H26F2N6O2. The van der Waals surface area contributed by atoms with Crippen molar-refractivity contribution in [1.82, 2.24) is 19.5 Å². The number of imidazole rings is 1. The molecule has 3 aromatic rings. The van der Waals surface area contributed by atoms with Crippen molar-refractivity contribution < 1.29 is 18.3 Å². The summed E-state index contributed by atoms with van der Waals surface area (Å²) in [6.07, 6.45) is 0.589. The van der Waals surface area contributed by atoms with Crippen LogP contribution in [0.25, 0.3) is 16.9 Å². The molecule has 32 heavy (non-hydrogen) atoms. The molecule has 2 aromatic heterocycles. The summed E-state index contributed by atoms with van der Waals surface area (Å²) in [6.45, 7) is 2.46. The molecule has 0 amide bonds. The predicted molar refractivity (Wildman–Crippen MR) is 116 cm³/mol. The van der Waals surface area contributed by atoms with Gasteiger partial charge in [-0.2, -0.15) is 9.97 Å². The van der Waals surface area contributed by atoms with Crippen LogP contribution in [-0.2, 0) is 4.74 Å². The van der Waals surface area contributed by atoms with Crippen LogP contribution in [0.1, 0.15) is 37.9 Å². The lowest BCUT2D eigenvalue weighted by atomic mass is 9.94. The zero-order valence-corrected chi connectivity index (χ0v) is 17.7. The average molecular weight is 444 g/mol. The standard InChI is InChI=1S/C22H26F2N6O2/c23-20(24)21-26-16-3-1-2-4-17(16)30(21)19-13-18(29-9-11-31-12-10-29)27-22(28-19)32-15-7-5-14(25)6-8-15/h1-4,13-15,20H,5-12,25H2/t14-,15-. The third kappa shape index (κ3) is 4.24. The van der Waals surface area contributed by atoms with E-state index in [1.54, 1.807) is 30.3 Å². The highest BCUT2D eigenvalue weighted by Crippen LogP contribution is 2.30. The van der Waals surface area contributed by atoms with E-state index in [1.807, 2.05) is 0 Å². The summed E-state index contributed by atoms with van der Waals surface area (Å²) in [4.78, 5) is 15.4. The maximum Gasteiger partial charge on any atom is 0.320 e. The van der Waals surface area contributed by atoms with Crippen LogP contribution in [0.2, 0.25) is 0 Å². The highest BCUT2D eigenvalue weighted by atomic mass is 19.3. The van der Waals surface area contributed by atoms with Gasteiger partial charge in [0.15, 0.2) is 5.82 Å². The number of aromatic nitrogens is 4. The largest absolute Gasteiger partial charge is 0.460 e. The third-order valence-corrected chi connectivity index (χ3v) is 6.02. The van der Waals surface area contributed by atoms with Gasteiger partial charge in [-0.3, -0.25) is 4.57 Å². The van der Waals surface area contributed by atoms with E-state index in [4.69, 9.17) is 15.2 Å². The number of ether oxygens (including phenoxy) is 2. The Balaban J connectivity index is 1.58. The number of fused-ring (bicyclic) bond motifs is 1. The van der Waals surface area contributed by atoms with Crippen molar-refractivity contribution in [3.63, 3.8) is 0 Å². The van der Waals surface area contributed by atoms with Crippen molar-refractivity contribution in [2.75, 3.05) is 31.2 Å². The van der Waals surface area contributed by atoms with Gasteiger partial charge < -0.3 is 20.1 Å². The molecule has 10 heteroatoms. The second-order valence-corrected chi connectivity index (χ2v) is 8.22. The molecule has 170 valence electrons. The van der Waals surface area contributed by atoms with Crippen LogP contribution in [0.15, 0.2) is 30.3 Å². The zero-order valence-electron chi connectivity index (χ0n) is 17.7. The third-order valence-electron chi connectivity index (χ3n) is 6.02. The number of anilines is 1. The molecule has 2 N–H and O–H groups in total. The minimum Gasteiger partial charge on any atom is -0.460 e. The summed E-state index contributed by atoms with van der Waals surface area (Å²) in [7, 11) is 0. The number of halogens is 2. The molecule has 3 heterocycles. The van der Waals surface area contributed by atoms with E-state index < -0.39 is 6.43 Å². The van der Waals surface area contributed by atoms with E-state index in [0.717, 1.165) is 25.7 Å². The van der Waals surface area contributed by atoms with Gasteiger partial charge in [-0.05, 0) is 37.8 Å². The first kappa shape index (κ1) is 21.0. The van der Waals surface area contributed by atoms with Crippen molar-refractivity contribution in [3.8, 4) is 11.8 Å². The van der Waals surface area contributed by atoms with Gasteiger partial charge in [0.05, 0.1) is 24.2 Å². The maximum atomic E-state index is 13.9. The van der Waals surface area contributed by atoms with Crippen LogP contribution >= 0.6 is 0 Å². The molecule has 0 atom stereocenters. The second kappa shape index (κ2) is 8.95. The van der Waals surface area contributed by atoms with Crippen LogP contribution < -0.4 is 15.4 Å². The van der Waals surface area contributed by atoms with E-state index in [0.29, 0.717) is 49.0 Å². The summed E-state index contributed by atoms with van der Waals surface area (Å²) in [5.41, 5.74) is 7.06. The minimum atomic E-state index is -2.76. The fourth-order valence-corrected chi connectivity index (χ4v) is 4.31. The Kier molecular flexibility index (Phi) is 5.88. The van der Waals surface area contributed by atoms with Crippen LogP contribution in [0.4, 0.5) is 14.6 Å². The number of nitrogens with zero attached hydrogens (tertiary/aromatic N) is 5. The molecule has 0 spiro atoms. The lowest BCUT2D eigenvalue weighted by Crippen LogP contribution is -2.37. The lowest BCUT2D eigenvalue weighted by Gasteiger charge is -2.29. The summed E-state index contributed by atoms with van der Waals surface area (Å²) in [5.74, 6) is 0.583. The number of alkyl halides is 2. The van der Waals surface area contributed by atoms with E-state index >= 15 is 0 Å². The predicted octanol–water partition coefficient (Wildman–Crippen LogP) is 3.24. The van der Waals surface area contributed by atoms with Gasteiger partial charge in [0.2, 0.25) is 0 Å². The summed E-state index contributed by atoms with van der Waals surface area (Å²) in [6, 6.07) is 9.13. The van der Waals surface area contributed by atoms with E-state index in [1.165, 1.54) is 4.57 Å². The summed E-state index contributed by atoms with van der Waals surface area (Å²) < 4.78 is 40.8. The van der Waals surface area contributed by atoms with E-state index in [2.05, 4.69) is 19.9 Å². The smallest absolute Gasteiger partial charge is 0.320 e. The van der Waals surface area contributed by atoms with Crippen molar-refractivity contribution in [2.45, 2.75) is 44.3 Å². The number of morpholine rings is 1. The lowest BCUT2D eigenvalue weighted by molar-refractivity contribution is 0.121. The average Bonchev–Trinajstić information content (AvgIpc) is 3.21. The Morgan fingerprint density at radius 1 is 1.00 bits per heavy atom. The van der Waals surface area contributed by atoms with E-state index in [-0.39, 0.29) is 24.0 Å². The normalized spacial score (nSPS) is 21.9. The van der Waals surface area contributed by atoms with Crippen LogP contribution in [0, 0.1) is 0 Å². The molecule has 1 saturated carbocycles. The molecule has 5 rings (SSSR count).